The van der Waals surface area contributed by atoms with Gasteiger partial charge in [0.1, 0.15) is 11.9 Å². The van der Waals surface area contributed by atoms with Crippen molar-refractivity contribution in [1.29, 1.82) is 0 Å². The zero-order chi connectivity index (χ0) is 16.0. The zero-order valence-corrected chi connectivity index (χ0v) is 15.3. The van der Waals surface area contributed by atoms with Gasteiger partial charge in [-0.05, 0) is 43.0 Å². The number of halogens is 1. The zero-order valence-electron chi connectivity index (χ0n) is 14.3. The van der Waals surface area contributed by atoms with Crippen molar-refractivity contribution >= 4 is 8.32 Å². The van der Waals surface area contributed by atoms with E-state index in [1.54, 1.807) is 13.8 Å². The van der Waals surface area contributed by atoms with Gasteiger partial charge in [0.15, 0.2) is 8.32 Å². The Balaban J connectivity index is 4.33. The second-order valence-corrected chi connectivity index (χ2v) is 11.7. The summed E-state index contributed by atoms with van der Waals surface area (Å²) in [4.78, 5) is 0. The maximum atomic E-state index is 13.6. The molecular formula is C16H33FO2Si. The van der Waals surface area contributed by atoms with Gasteiger partial charge in [0.05, 0.1) is 0 Å². The van der Waals surface area contributed by atoms with Crippen molar-refractivity contribution in [2.24, 2.45) is 5.92 Å². The van der Waals surface area contributed by atoms with Crippen LogP contribution >= 0.6 is 0 Å². The molecule has 120 valence electrons. The van der Waals surface area contributed by atoms with Crippen molar-refractivity contribution < 1.29 is 13.9 Å². The Bertz CT molecular complexity index is 312. The Kier molecular flexibility index (Phi) is 8.22. The molecule has 0 aromatic rings. The van der Waals surface area contributed by atoms with Gasteiger partial charge in [-0.1, -0.05) is 41.0 Å². The molecule has 0 radical (unpaired) electrons. The summed E-state index contributed by atoms with van der Waals surface area (Å²) in [5.41, 5.74) is 0. The van der Waals surface area contributed by atoms with Crippen LogP contribution in [0.4, 0.5) is 4.39 Å². The van der Waals surface area contributed by atoms with Crippen molar-refractivity contribution in [3.05, 3.63) is 11.9 Å². The maximum absolute atomic E-state index is 13.6. The maximum Gasteiger partial charge on any atom is 0.192 e. The van der Waals surface area contributed by atoms with E-state index in [0.29, 0.717) is 13.0 Å². The van der Waals surface area contributed by atoms with Crippen LogP contribution in [-0.2, 0) is 4.43 Å². The molecule has 0 heterocycles. The molecule has 0 saturated carbocycles. The van der Waals surface area contributed by atoms with Gasteiger partial charge in [-0.3, -0.25) is 0 Å². The minimum atomic E-state index is -1.79. The molecule has 20 heavy (non-hydrogen) atoms. The van der Waals surface area contributed by atoms with Crippen molar-refractivity contribution in [3.63, 3.8) is 0 Å². The molecule has 0 rings (SSSR count). The molecule has 0 saturated heterocycles. The Morgan fingerprint density at radius 2 is 1.90 bits per heavy atom. The molecule has 0 bridgehead atoms. The minimum absolute atomic E-state index is 0.0959. The molecule has 0 aliphatic carbocycles. The van der Waals surface area contributed by atoms with Crippen LogP contribution in [0.25, 0.3) is 0 Å². The average molecular weight is 305 g/mol. The molecule has 0 fully saturated rings. The third kappa shape index (κ3) is 6.06. The van der Waals surface area contributed by atoms with Gasteiger partial charge in [0.2, 0.25) is 0 Å². The monoisotopic (exact) mass is 304 g/mol. The summed E-state index contributed by atoms with van der Waals surface area (Å²) in [5.74, 6) is -0.530. The van der Waals surface area contributed by atoms with Crippen LogP contribution in [0.15, 0.2) is 11.9 Å². The molecular weight excluding hydrogens is 271 g/mol. The van der Waals surface area contributed by atoms with Gasteiger partial charge in [-0.15, -0.1) is 0 Å². The Morgan fingerprint density at radius 1 is 1.35 bits per heavy atom. The highest BCUT2D eigenvalue weighted by Crippen LogP contribution is 2.42. The molecule has 1 unspecified atom stereocenters. The van der Waals surface area contributed by atoms with Crippen LogP contribution in [0.3, 0.4) is 0 Å². The molecule has 0 aromatic carbocycles. The number of aliphatic hydroxyl groups excluding tert-OH is 1. The Morgan fingerprint density at radius 3 is 2.35 bits per heavy atom. The summed E-state index contributed by atoms with van der Waals surface area (Å²) >= 11 is 0. The van der Waals surface area contributed by atoms with Crippen LogP contribution < -0.4 is 0 Å². The molecule has 1 N–H and O–H groups in total. The van der Waals surface area contributed by atoms with Gasteiger partial charge in [0, 0.05) is 6.61 Å². The molecule has 0 amide bonds. The lowest BCUT2D eigenvalue weighted by Gasteiger charge is -2.39. The van der Waals surface area contributed by atoms with Crippen LogP contribution in [-0.4, -0.2) is 26.1 Å². The van der Waals surface area contributed by atoms with E-state index < -0.39 is 20.2 Å². The SMILES string of the molecule is CCCC(C)(C)[Si](C)(C)OCCC=C(F)C(O)C(C)C. The number of hydrogen-bond acceptors (Lipinski definition) is 2. The van der Waals surface area contributed by atoms with Gasteiger partial charge < -0.3 is 9.53 Å². The fourth-order valence-corrected chi connectivity index (χ4v) is 3.94. The fourth-order valence-electron chi connectivity index (χ4n) is 2.07. The van der Waals surface area contributed by atoms with Crippen molar-refractivity contribution in [2.75, 3.05) is 6.61 Å². The van der Waals surface area contributed by atoms with E-state index in [4.69, 9.17) is 4.43 Å². The summed E-state index contributed by atoms with van der Waals surface area (Å²) in [6.45, 7) is 15.3. The third-order valence-corrected chi connectivity index (χ3v) is 8.77. The molecule has 4 heteroatoms. The predicted octanol–water partition coefficient (Wildman–Crippen LogP) is 5.05. The Labute approximate surface area is 125 Å². The van der Waals surface area contributed by atoms with Crippen molar-refractivity contribution in [1.82, 2.24) is 0 Å². The average Bonchev–Trinajstić information content (AvgIpc) is 2.32. The second-order valence-electron chi connectivity index (χ2n) is 7.06. The summed E-state index contributed by atoms with van der Waals surface area (Å²) < 4.78 is 19.7. The second kappa shape index (κ2) is 8.30. The standard InChI is InChI=1S/C16H33FO2Si/c1-8-11-16(4,5)20(6,7)19-12-9-10-14(17)15(18)13(2)3/h10,13,15,18H,8-9,11-12H2,1-7H3. The highest BCUT2D eigenvalue weighted by atomic mass is 28.4. The van der Waals surface area contributed by atoms with E-state index in [0.717, 1.165) is 12.8 Å². The predicted molar refractivity (Wildman–Crippen MR) is 87.0 cm³/mol. The fraction of sp³-hybridized carbons (Fsp3) is 0.875. The van der Waals surface area contributed by atoms with Gasteiger partial charge in [-0.2, -0.15) is 0 Å². The van der Waals surface area contributed by atoms with E-state index in [-0.39, 0.29) is 11.0 Å². The summed E-state index contributed by atoms with van der Waals surface area (Å²) in [6.07, 6.45) is 3.30. The lowest BCUT2D eigenvalue weighted by atomic mass is 10.1. The lowest BCUT2D eigenvalue weighted by molar-refractivity contribution is 0.134. The van der Waals surface area contributed by atoms with Crippen LogP contribution in [0.1, 0.15) is 53.9 Å². The first-order valence-electron chi connectivity index (χ1n) is 7.72. The normalized spacial score (nSPS) is 15.8. The van der Waals surface area contributed by atoms with Crippen molar-refractivity contribution in [2.45, 2.75) is 78.1 Å². The van der Waals surface area contributed by atoms with Crippen LogP contribution in [0.2, 0.25) is 18.1 Å². The smallest absolute Gasteiger partial charge is 0.192 e. The lowest BCUT2D eigenvalue weighted by Crippen LogP contribution is -2.42. The molecule has 0 aliphatic heterocycles. The van der Waals surface area contributed by atoms with E-state index in [1.165, 1.54) is 6.08 Å². The Hall–Kier alpha value is -0.193. The molecule has 2 nitrogen and oxygen atoms in total. The number of rotatable bonds is 9. The number of aliphatic hydroxyl groups is 1. The first kappa shape index (κ1) is 19.8. The summed E-state index contributed by atoms with van der Waals surface area (Å²) in [6, 6.07) is 0. The highest BCUT2D eigenvalue weighted by molar-refractivity contribution is 6.74. The van der Waals surface area contributed by atoms with Gasteiger partial charge in [0.25, 0.3) is 0 Å². The summed E-state index contributed by atoms with van der Waals surface area (Å²) in [5, 5.41) is 9.80. The highest BCUT2D eigenvalue weighted by Gasteiger charge is 2.39. The largest absolute Gasteiger partial charge is 0.417 e. The van der Waals surface area contributed by atoms with Crippen LogP contribution in [0.5, 0.6) is 0 Å². The van der Waals surface area contributed by atoms with E-state index in [9.17, 15) is 9.50 Å². The quantitative estimate of drug-likeness (QED) is 0.477. The molecule has 0 spiro atoms. The van der Waals surface area contributed by atoms with Crippen molar-refractivity contribution in [3.8, 4) is 0 Å². The molecule has 0 aromatic heterocycles. The van der Waals surface area contributed by atoms with E-state index >= 15 is 0 Å². The van der Waals surface area contributed by atoms with E-state index in [1.807, 2.05) is 0 Å². The summed E-state index contributed by atoms with van der Waals surface area (Å²) in [7, 11) is -1.79. The minimum Gasteiger partial charge on any atom is -0.417 e. The molecule has 0 aliphatic rings. The topological polar surface area (TPSA) is 29.5 Å². The van der Waals surface area contributed by atoms with E-state index in [2.05, 4.69) is 33.9 Å². The van der Waals surface area contributed by atoms with Gasteiger partial charge in [-0.25, -0.2) is 4.39 Å². The van der Waals surface area contributed by atoms with Crippen LogP contribution in [0, 0.1) is 5.92 Å². The van der Waals surface area contributed by atoms with Gasteiger partial charge >= 0.3 is 0 Å². The third-order valence-electron chi connectivity index (χ3n) is 4.34. The number of hydrogen-bond donors (Lipinski definition) is 1. The first-order valence-corrected chi connectivity index (χ1v) is 10.6. The molecule has 1 atom stereocenters. The first-order chi connectivity index (χ1) is 9.05.